The molecule has 0 rings (SSSR count). The summed E-state index contributed by atoms with van der Waals surface area (Å²) in [5.41, 5.74) is 0. The number of hydrogen-bond donors (Lipinski definition) is 2. The smallest absolute Gasteiger partial charge is 0.305 e. The Morgan fingerprint density at radius 1 is 0.521 bits per heavy atom. The lowest BCUT2D eigenvalue weighted by atomic mass is 10.1. The van der Waals surface area contributed by atoms with Crippen molar-refractivity contribution < 1.29 is 39.5 Å². The predicted molar refractivity (Wildman–Crippen MR) is 203 cm³/mol. The number of aliphatic hydroxyl groups excluding tert-OH is 1. The number of ether oxygens (including phenoxy) is 3. The zero-order chi connectivity index (χ0) is 35.3. The maximum atomic E-state index is 11.4. The van der Waals surface area contributed by atoms with Crippen LogP contribution >= 0.6 is 0 Å². The van der Waals surface area contributed by atoms with Crippen LogP contribution in [0.2, 0.25) is 0 Å². The van der Waals surface area contributed by atoms with E-state index in [1.165, 1.54) is 77.0 Å². The van der Waals surface area contributed by atoms with E-state index in [9.17, 15) is 9.59 Å². The summed E-state index contributed by atoms with van der Waals surface area (Å²) in [6.07, 6.45) is 42.2. The van der Waals surface area contributed by atoms with Gasteiger partial charge >= 0.3 is 11.9 Å². The average molecular weight is 685 g/mol. The van der Waals surface area contributed by atoms with Gasteiger partial charge in [0.15, 0.2) is 0 Å². The molecule has 48 heavy (non-hydrogen) atoms. The van der Waals surface area contributed by atoms with Gasteiger partial charge in [0.1, 0.15) is 6.61 Å². The highest BCUT2D eigenvalue weighted by atomic mass is 16.6. The van der Waals surface area contributed by atoms with Crippen molar-refractivity contribution in [3.63, 3.8) is 0 Å². The third-order valence-electron chi connectivity index (χ3n) is 7.02. The van der Waals surface area contributed by atoms with E-state index in [1.54, 1.807) is 14.2 Å². The maximum Gasteiger partial charge on any atom is 0.305 e. The van der Waals surface area contributed by atoms with Gasteiger partial charge in [0.2, 0.25) is 0 Å². The van der Waals surface area contributed by atoms with Crippen LogP contribution < -0.4 is 0 Å². The first-order valence-electron chi connectivity index (χ1n) is 18.6. The van der Waals surface area contributed by atoms with Crippen LogP contribution in [-0.4, -0.2) is 68.3 Å². The van der Waals surface area contributed by atoms with Gasteiger partial charge in [0.05, 0.1) is 19.8 Å². The zero-order valence-corrected chi connectivity index (χ0v) is 31.4. The molecule has 0 saturated carbocycles. The quantitative estimate of drug-likeness (QED) is 0.0422. The van der Waals surface area contributed by atoms with Crippen LogP contribution in [0.25, 0.3) is 0 Å². The number of carbonyl (C=O) groups is 2. The predicted octanol–water partition coefficient (Wildman–Crippen LogP) is 9.89. The Balaban J connectivity index is -0.000000356. The van der Waals surface area contributed by atoms with Crippen LogP contribution in [0.1, 0.15) is 155 Å². The normalized spacial score (nSPS) is 11.0. The summed E-state index contributed by atoms with van der Waals surface area (Å²) in [7, 11) is 3.16. The molecule has 0 aliphatic heterocycles. The Kier molecular flexibility index (Phi) is 56.5. The number of methoxy groups -OCH3 is 2. The van der Waals surface area contributed by atoms with E-state index < -0.39 is 5.97 Å². The monoisotopic (exact) mass is 685 g/mol. The number of hydrogen-bond acceptors (Lipinski definition) is 6. The summed E-state index contributed by atoms with van der Waals surface area (Å²) in [4.78, 5) is 21.6. The van der Waals surface area contributed by atoms with Crippen molar-refractivity contribution >= 4 is 11.9 Å². The Hall–Kier alpha value is -2.26. The molecule has 4 N–H and O–H groups in total. The van der Waals surface area contributed by atoms with Gasteiger partial charge < -0.3 is 29.9 Å². The highest BCUT2D eigenvalue weighted by molar-refractivity contribution is 5.69. The molecule has 0 fully saturated rings. The third kappa shape index (κ3) is 59.2. The molecule has 0 aromatic carbocycles. The lowest BCUT2D eigenvalue weighted by Crippen LogP contribution is -2.09. The number of unbranched alkanes of at least 4 members (excludes halogenated alkanes) is 14. The lowest BCUT2D eigenvalue weighted by molar-refractivity contribution is -0.145. The van der Waals surface area contributed by atoms with Crippen molar-refractivity contribution in [1.82, 2.24) is 0 Å². The van der Waals surface area contributed by atoms with Crippen molar-refractivity contribution in [2.45, 2.75) is 155 Å². The van der Waals surface area contributed by atoms with Crippen molar-refractivity contribution in [3.05, 3.63) is 48.6 Å². The van der Waals surface area contributed by atoms with Crippen LogP contribution in [0.4, 0.5) is 0 Å². The number of aliphatic carboxylic acids is 1. The number of carbonyl (C=O) groups excluding carboxylic acids is 1. The zero-order valence-electron chi connectivity index (χ0n) is 31.4. The first-order valence-corrected chi connectivity index (χ1v) is 18.6. The standard InChI is InChI=1S/C21H38O3.C16H28O2.C3H8O2.H2O/c1-3-4-5-6-7-8-9-10-11-12-13-14-15-16-17-18-21(22)24-20-19-23-2;1-2-3-4-5-6-7-8-9-10-11-12-13-14-15-16(17)18;1-5-3-2-4;/h7-8,10-11H,3-6,9,12-20H2,1-2H3;6-7,9-10H,2-5,8,11-15H2,1H3,(H,17,18);4H,2-3H2,1H3;1H2/b8-7+,11-10+;7-6+,10-9+;;. The molecule has 0 saturated heterocycles. The van der Waals surface area contributed by atoms with Crippen molar-refractivity contribution in [1.29, 1.82) is 0 Å². The van der Waals surface area contributed by atoms with Gasteiger partial charge in [-0.05, 0) is 77.0 Å². The molecule has 0 aliphatic carbocycles. The fourth-order valence-electron chi connectivity index (χ4n) is 4.22. The fraction of sp³-hybridized carbons (Fsp3) is 0.750. The van der Waals surface area contributed by atoms with Crippen LogP contribution in [-0.2, 0) is 23.8 Å². The lowest BCUT2D eigenvalue weighted by Gasteiger charge is -2.03. The summed E-state index contributed by atoms with van der Waals surface area (Å²) in [6.45, 7) is 5.88. The van der Waals surface area contributed by atoms with Gasteiger partial charge in [-0.1, -0.05) is 114 Å². The Labute approximate surface area is 295 Å². The van der Waals surface area contributed by atoms with Gasteiger partial charge in [0.25, 0.3) is 0 Å². The van der Waals surface area contributed by atoms with Gasteiger partial charge in [-0.2, -0.15) is 0 Å². The average Bonchev–Trinajstić information content (AvgIpc) is 3.06. The maximum absolute atomic E-state index is 11.4. The van der Waals surface area contributed by atoms with Gasteiger partial charge in [-0.15, -0.1) is 0 Å². The van der Waals surface area contributed by atoms with Crippen molar-refractivity contribution in [3.8, 4) is 0 Å². The highest BCUT2D eigenvalue weighted by Gasteiger charge is 2.01. The largest absolute Gasteiger partial charge is 0.481 e. The van der Waals surface area contributed by atoms with E-state index in [0.29, 0.717) is 32.7 Å². The first kappa shape index (κ1) is 52.6. The Bertz CT molecular complexity index is 729. The molecule has 0 atom stereocenters. The second-order valence-electron chi connectivity index (χ2n) is 11.6. The first-order chi connectivity index (χ1) is 23.0. The molecule has 284 valence electrons. The van der Waals surface area contributed by atoms with E-state index in [4.69, 9.17) is 19.7 Å². The minimum absolute atomic E-state index is 0. The number of aliphatic hydroxyl groups is 1. The highest BCUT2D eigenvalue weighted by Crippen LogP contribution is 2.09. The van der Waals surface area contributed by atoms with Crippen LogP contribution in [0.5, 0.6) is 0 Å². The van der Waals surface area contributed by atoms with Gasteiger partial charge in [-0.25, -0.2) is 0 Å². The SMILES string of the molecule is CCCCC/C=C/C/C=C/CCCCCC(=O)O.CCCCC/C=C/C/C=C/CCCCCCCC(=O)OCCOC.COCCO.O. The van der Waals surface area contributed by atoms with E-state index in [2.05, 4.69) is 67.2 Å². The molecule has 0 spiro atoms. The van der Waals surface area contributed by atoms with Crippen molar-refractivity contribution in [2.75, 3.05) is 40.6 Å². The summed E-state index contributed by atoms with van der Waals surface area (Å²) in [6, 6.07) is 0. The Morgan fingerprint density at radius 2 is 0.917 bits per heavy atom. The minimum Gasteiger partial charge on any atom is -0.481 e. The summed E-state index contributed by atoms with van der Waals surface area (Å²) >= 11 is 0. The Morgan fingerprint density at radius 3 is 1.31 bits per heavy atom. The molecular weight excluding hydrogens is 608 g/mol. The van der Waals surface area contributed by atoms with E-state index in [1.807, 2.05) is 0 Å². The number of carboxylic acids is 1. The minimum atomic E-state index is -0.682. The molecule has 8 heteroatoms. The third-order valence-corrected chi connectivity index (χ3v) is 7.02. The second kappa shape index (κ2) is 51.6. The molecule has 0 unspecified atom stereocenters. The van der Waals surface area contributed by atoms with Gasteiger partial charge in [-0.3, -0.25) is 9.59 Å². The van der Waals surface area contributed by atoms with Crippen LogP contribution in [0.3, 0.4) is 0 Å². The molecule has 8 nitrogen and oxygen atoms in total. The molecule has 0 radical (unpaired) electrons. The molecule has 0 aromatic heterocycles. The van der Waals surface area contributed by atoms with Crippen LogP contribution in [0.15, 0.2) is 48.6 Å². The molecule has 0 heterocycles. The molecule has 0 bridgehead atoms. The van der Waals surface area contributed by atoms with E-state index in [-0.39, 0.29) is 18.1 Å². The number of rotatable bonds is 31. The van der Waals surface area contributed by atoms with E-state index in [0.717, 1.165) is 51.4 Å². The summed E-state index contributed by atoms with van der Waals surface area (Å²) in [5, 5.41) is 16.4. The van der Waals surface area contributed by atoms with E-state index >= 15 is 0 Å². The number of carboxylic acid groups (broad SMARTS) is 1. The molecule has 0 amide bonds. The van der Waals surface area contributed by atoms with Crippen LogP contribution in [0, 0.1) is 0 Å². The summed E-state index contributed by atoms with van der Waals surface area (Å²) < 4.78 is 14.3. The van der Waals surface area contributed by atoms with Gasteiger partial charge in [0, 0.05) is 27.1 Å². The van der Waals surface area contributed by atoms with Crippen molar-refractivity contribution in [2.24, 2.45) is 0 Å². The fourth-order valence-corrected chi connectivity index (χ4v) is 4.22. The number of esters is 1. The summed E-state index contributed by atoms with van der Waals surface area (Å²) in [5.74, 6) is -0.781. The second-order valence-corrected chi connectivity index (χ2v) is 11.6. The number of allylic oxidation sites excluding steroid dienone is 8. The molecular formula is C40H76O8. The topological polar surface area (TPSA) is 134 Å². The molecule has 0 aliphatic rings. The molecule has 0 aromatic rings.